The molecule has 27 heteroatoms. The van der Waals surface area contributed by atoms with E-state index < -0.39 is 105 Å². The van der Waals surface area contributed by atoms with Gasteiger partial charge in [0.25, 0.3) is 47.8 Å². The molecule has 0 unspecified atom stereocenters. The zero-order chi connectivity index (χ0) is 70.1. The summed E-state index contributed by atoms with van der Waals surface area (Å²) in [7, 11) is -12.7. The van der Waals surface area contributed by atoms with E-state index in [2.05, 4.69) is 43.3 Å². The van der Waals surface area contributed by atoms with Crippen molar-refractivity contribution in [3.8, 4) is 17.2 Å². The van der Waals surface area contributed by atoms with Crippen molar-refractivity contribution in [1.82, 2.24) is 30.1 Å². The van der Waals surface area contributed by atoms with Crippen LogP contribution >= 0.6 is 0 Å². The molecule has 0 saturated heterocycles. The summed E-state index contributed by atoms with van der Waals surface area (Å²) in [6.07, 6.45) is 20.1. The van der Waals surface area contributed by atoms with Crippen LogP contribution in [-0.4, -0.2) is 114 Å². The fourth-order valence-electron chi connectivity index (χ4n) is 10.4. The predicted octanol–water partition coefficient (Wildman–Crippen LogP) is 10.7. The van der Waals surface area contributed by atoms with Gasteiger partial charge in [-0.25, -0.2) is 53.8 Å². The number of benzene rings is 3. The number of fused-ring (bicyclic) bond motifs is 4. The van der Waals surface area contributed by atoms with Gasteiger partial charge in [-0.2, -0.15) is 0 Å². The van der Waals surface area contributed by atoms with Gasteiger partial charge in [0.05, 0.1) is 19.8 Å². The molecule has 0 bridgehead atoms. The molecule has 5 aliphatic rings. The number of para-hydroxylation sites is 3. The maximum absolute atomic E-state index is 13.1. The zero-order valence-electron chi connectivity index (χ0n) is 55.8. The molecule has 6 amide bonds. The minimum absolute atomic E-state index is 0.113. The Hall–Kier alpha value is -7.91. The van der Waals surface area contributed by atoms with Gasteiger partial charge in [-0.15, -0.1) is 13.2 Å². The monoisotopic (exact) mass is 1380 g/mol. The van der Waals surface area contributed by atoms with Crippen molar-refractivity contribution < 1.29 is 82.4 Å². The van der Waals surface area contributed by atoms with Crippen LogP contribution in [0.25, 0.3) is 0 Å². The van der Waals surface area contributed by atoms with Crippen LogP contribution in [-0.2, 0) is 58.7 Å². The Kier molecular flexibility index (Phi) is 25.8. The van der Waals surface area contributed by atoms with Gasteiger partial charge in [0, 0.05) is 17.8 Å². The van der Waals surface area contributed by atoms with E-state index in [9.17, 15) is 54.0 Å². The smallest absolute Gasteiger partial charge is 0.408 e. The highest BCUT2D eigenvalue weighted by atomic mass is 32.2. The van der Waals surface area contributed by atoms with Gasteiger partial charge in [-0.1, -0.05) is 72.9 Å². The number of amides is 6. The van der Waals surface area contributed by atoms with Crippen molar-refractivity contribution in [2.24, 2.45) is 17.8 Å². The molecule has 3 fully saturated rings. The number of sulfonamides is 3. The Bertz CT molecular complexity index is 3510. The van der Waals surface area contributed by atoms with Gasteiger partial charge >= 0.3 is 18.3 Å². The molecule has 24 nitrogen and oxygen atoms in total. The van der Waals surface area contributed by atoms with Crippen LogP contribution in [0.15, 0.2) is 137 Å². The lowest BCUT2D eigenvalue weighted by Gasteiger charge is -2.24. The van der Waals surface area contributed by atoms with Crippen molar-refractivity contribution in [2.45, 2.75) is 207 Å². The summed E-state index contributed by atoms with van der Waals surface area (Å²) in [6.45, 7) is 23.8. The lowest BCUT2D eigenvalue weighted by atomic mass is 10.1. The molecular weight excluding hydrogens is 1280 g/mol. The summed E-state index contributed by atoms with van der Waals surface area (Å²) in [5, 5.41) is 7.74. The van der Waals surface area contributed by atoms with Gasteiger partial charge in [0.1, 0.15) is 65.4 Å². The van der Waals surface area contributed by atoms with Gasteiger partial charge in [0.2, 0.25) is 0 Å². The minimum atomic E-state index is -4.25. The number of nitrogens with one attached hydrogen (secondary N) is 6. The van der Waals surface area contributed by atoms with E-state index in [1.54, 1.807) is 117 Å². The Labute approximate surface area is 559 Å². The van der Waals surface area contributed by atoms with E-state index in [1.165, 1.54) is 24.3 Å². The summed E-state index contributed by atoms with van der Waals surface area (Å²) in [4.78, 5) is 75.9. The maximum atomic E-state index is 13.1. The molecule has 6 atom stereocenters. The normalized spacial score (nSPS) is 24.5. The molecular formula is C68H94N6O18S3. The highest BCUT2D eigenvalue weighted by Crippen LogP contribution is 2.48. The Balaban J connectivity index is 0.000000226. The summed E-state index contributed by atoms with van der Waals surface area (Å²) in [5.41, 5.74) is -6.45. The van der Waals surface area contributed by atoms with Crippen molar-refractivity contribution in [3.05, 3.63) is 122 Å². The number of rotatable bonds is 14. The van der Waals surface area contributed by atoms with Crippen LogP contribution in [0.3, 0.4) is 0 Å². The molecule has 2 aliphatic heterocycles. The first-order valence-corrected chi connectivity index (χ1v) is 36.4. The van der Waals surface area contributed by atoms with Crippen LogP contribution in [0.2, 0.25) is 0 Å². The molecule has 2 heterocycles. The third-order valence-corrected chi connectivity index (χ3v) is 19.5. The van der Waals surface area contributed by atoms with Crippen LogP contribution in [0.1, 0.15) is 159 Å². The first-order chi connectivity index (χ1) is 44.5. The average molecular weight is 1380 g/mol. The first kappa shape index (κ1) is 76.1. The van der Waals surface area contributed by atoms with E-state index in [0.717, 1.165) is 77.0 Å². The maximum Gasteiger partial charge on any atom is 0.408 e. The Morgan fingerprint density at radius 3 is 1.48 bits per heavy atom. The van der Waals surface area contributed by atoms with Crippen LogP contribution < -0.4 is 44.3 Å². The second-order valence-electron chi connectivity index (χ2n) is 26.8. The summed E-state index contributed by atoms with van der Waals surface area (Å²) < 4.78 is 117. The van der Waals surface area contributed by atoms with Crippen LogP contribution in [0, 0.1) is 17.8 Å². The molecule has 95 heavy (non-hydrogen) atoms. The Morgan fingerprint density at radius 1 is 0.600 bits per heavy atom. The fraction of sp³-hybridized carbons (Fsp3) is 0.529. The first-order valence-electron chi connectivity index (χ1n) is 32.0. The SMILES string of the molecule is C=CCCCCCOc1ccccc1S(=O)(=O)NC(=O)[C@@]1(NC(=O)OC(C)(C)C)C[C@H]1C=C.CC(C)(C)OC(=O)N[C@]12C[C@H]1/C=C/CCCCCOc1ccccc1S(=O)(=O)NC2=O.CC(C)(C)OC(=O)N[C@]12C[C@H]1/C=C\CCCCCOc1ccccc1S(=O)(=O)NC2=O. The Morgan fingerprint density at radius 2 is 1.04 bits per heavy atom. The summed E-state index contributed by atoms with van der Waals surface area (Å²) in [5.74, 6) is -2.94. The lowest BCUT2D eigenvalue weighted by molar-refractivity contribution is -0.123. The number of alkyl carbamates (subject to hydrolysis) is 3. The summed E-state index contributed by atoms with van der Waals surface area (Å²) >= 11 is 0. The predicted molar refractivity (Wildman–Crippen MR) is 356 cm³/mol. The number of carbonyl (C=O) groups is 6. The van der Waals surface area contributed by atoms with Gasteiger partial charge in [-0.05, 0) is 195 Å². The highest BCUT2D eigenvalue weighted by Gasteiger charge is 2.63. The minimum Gasteiger partial charge on any atom is -0.492 e. The van der Waals surface area contributed by atoms with E-state index in [1.807, 2.05) is 30.4 Å². The summed E-state index contributed by atoms with van der Waals surface area (Å²) in [6, 6.07) is 18.5. The molecule has 8 rings (SSSR count). The van der Waals surface area contributed by atoms with Gasteiger partial charge in [-0.3, -0.25) is 14.4 Å². The number of unbranched alkanes of at least 4 members (excludes halogenated alkanes) is 3. The molecule has 522 valence electrons. The van der Waals surface area contributed by atoms with Crippen LogP contribution in [0.4, 0.5) is 14.4 Å². The lowest BCUT2D eigenvalue weighted by Crippen LogP contribution is -2.52. The molecule has 3 saturated carbocycles. The number of carbonyl (C=O) groups excluding carboxylic acids is 6. The highest BCUT2D eigenvalue weighted by molar-refractivity contribution is 7.90. The molecule has 3 aromatic rings. The standard InChI is InChI=1S/C24H34N2O6S.2C22H30N2O6S/c1-6-8-9-10-13-16-31-19-14-11-12-15-20(19)33(29,30)26-21(27)24(17-18(24)7-2)25-22(28)32-23(3,4)5;2*1-21(2,3)30-20(26)23-22-15-16(22)11-7-5-4-6-10-14-29-17-12-8-9-13-18(17)31(27,28)24-19(22)25/h6-7,11-12,14-15,18H,1-2,8-10,13,16-17H2,3-5H3,(H,25,28)(H,26,27);2*7-9,11-13,16H,4-6,10,14-15H2,1-3H3,(H,23,26)(H,24,25)/b;11-7+;11-7-/t18-,24-;2*16-,22-/m111/s1. The van der Waals surface area contributed by atoms with E-state index in [4.69, 9.17) is 28.4 Å². The second-order valence-corrected chi connectivity index (χ2v) is 31.8. The number of hydrogen-bond donors (Lipinski definition) is 6. The average Bonchev–Trinajstić information content (AvgIpc) is 1.60. The van der Waals surface area contributed by atoms with Crippen molar-refractivity contribution >= 4 is 66.1 Å². The second kappa shape index (κ2) is 32.2. The number of allylic oxidation sites excluding steroid dienone is 3. The zero-order valence-corrected chi connectivity index (χ0v) is 58.3. The number of ether oxygens (including phenoxy) is 6. The topological polar surface area (TPSA) is 332 Å². The molecule has 0 radical (unpaired) electrons. The van der Waals surface area contributed by atoms with Crippen molar-refractivity contribution in [1.29, 1.82) is 0 Å². The molecule has 3 aromatic carbocycles. The third-order valence-electron chi connectivity index (χ3n) is 15.4. The van der Waals surface area contributed by atoms with Gasteiger partial charge in [0.15, 0.2) is 0 Å². The van der Waals surface area contributed by atoms with Crippen molar-refractivity contribution in [3.63, 3.8) is 0 Å². The van der Waals surface area contributed by atoms with Gasteiger partial charge < -0.3 is 44.4 Å². The van der Waals surface area contributed by atoms with Crippen molar-refractivity contribution in [2.75, 3.05) is 19.8 Å². The van der Waals surface area contributed by atoms with Crippen LogP contribution in [0.5, 0.6) is 17.2 Å². The molecule has 6 N–H and O–H groups in total. The van der Waals surface area contributed by atoms with E-state index in [-0.39, 0.29) is 50.2 Å². The molecule has 3 aliphatic carbocycles. The van der Waals surface area contributed by atoms with E-state index in [0.29, 0.717) is 32.7 Å². The quantitative estimate of drug-likeness (QED) is 0.0496. The fourth-order valence-corrected chi connectivity index (χ4v) is 13.9. The molecule has 0 aromatic heterocycles. The molecule has 0 spiro atoms. The van der Waals surface area contributed by atoms with E-state index >= 15 is 0 Å². The largest absolute Gasteiger partial charge is 0.492 e. The third kappa shape index (κ3) is 22.3. The number of hydrogen-bond acceptors (Lipinski definition) is 18.